The standard InChI is InChI=1S/C16H34N4O/c1-13(2)12-19-6-8-20(9-7-19)14(11-17)10-15(21)18-16(3,4)5/h13-14H,6-12,17H2,1-5H3,(H,18,21). The van der Waals surface area contributed by atoms with Gasteiger partial charge in [0.25, 0.3) is 0 Å². The lowest BCUT2D eigenvalue weighted by atomic mass is 10.1. The largest absolute Gasteiger partial charge is 0.351 e. The fraction of sp³-hybridized carbons (Fsp3) is 0.938. The van der Waals surface area contributed by atoms with Gasteiger partial charge in [-0.1, -0.05) is 13.8 Å². The van der Waals surface area contributed by atoms with Crippen molar-refractivity contribution in [3.05, 3.63) is 0 Å². The van der Waals surface area contributed by atoms with Crippen molar-refractivity contribution < 1.29 is 4.79 Å². The summed E-state index contributed by atoms with van der Waals surface area (Å²) in [7, 11) is 0. The average Bonchev–Trinajstić information content (AvgIpc) is 2.34. The molecule has 1 heterocycles. The SMILES string of the molecule is CC(C)CN1CCN(C(CN)CC(=O)NC(C)(C)C)CC1. The van der Waals surface area contributed by atoms with Gasteiger partial charge in [-0.2, -0.15) is 0 Å². The monoisotopic (exact) mass is 298 g/mol. The van der Waals surface area contributed by atoms with Gasteiger partial charge in [0.1, 0.15) is 0 Å². The van der Waals surface area contributed by atoms with E-state index in [1.54, 1.807) is 0 Å². The number of nitrogens with two attached hydrogens (primary N) is 1. The Morgan fingerprint density at radius 2 is 1.76 bits per heavy atom. The number of hydrogen-bond donors (Lipinski definition) is 2. The maximum Gasteiger partial charge on any atom is 0.222 e. The number of hydrogen-bond acceptors (Lipinski definition) is 4. The molecule has 1 fully saturated rings. The first-order valence-electron chi connectivity index (χ1n) is 8.18. The highest BCUT2D eigenvalue weighted by molar-refractivity contribution is 5.77. The van der Waals surface area contributed by atoms with E-state index in [0.29, 0.717) is 18.9 Å². The molecule has 0 aliphatic carbocycles. The number of carbonyl (C=O) groups is 1. The summed E-state index contributed by atoms with van der Waals surface area (Å²) in [5, 5.41) is 3.03. The average molecular weight is 298 g/mol. The molecule has 5 nitrogen and oxygen atoms in total. The quantitative estimate of drug-likeness (QED) is 0.764. The van der Waals surface area contributed by atoms with E-state index in [9.17, 15) is 4.79 Å². The summed E-state index contributed by atoms with van der Waals surface area (Å²) in [4.78, 5) is 17.0. The van der Waals surface area contributed by atoms with E-state index in [2.05, 4.69) is 29.0 Å². The van der Waals surface area contributed by atoms with Gasteiger partial charge in [-0.15, -0.1) is 0 Å². The molecule has 0 aromatic heterocycles. The Hall–Kier alpha value is -0.650. The highest BCUT2D eigenvalue weighted by atomic mass is 16.1. The number of rotatable bonds is 6. The molecule has 1 aliphatic rings. The molecule has 1 unspecified atom stereocenters. The molecule has 5 heteroatoms. The summed E-state index contributed by atoms with van der Waals surface area (Å²) in [5.41, 5.74) is 5.72. The summed E-state index contributed by atoms with van der Waals surface area (Å²) in [6.07, 6.45) is 0.498. The van der Waals surface area contributed by atoms with Crippen LogP contribution in [0.3, 0.4) is 0 Å². The van der Waals surface area contributed by atoms with E-state index in [0.717, 1.165) is 32.7 Å². The van der Waals surface area contributed by atoms with Crippen molar-refractivity contribution in [2.45, 2.75) is 52.6 Å². The maximum absolute atomic E-state index is 12.1. The van der Waals surface area contributed by atoms with Crippen molar-refractivity contribution in [1.82, 2.24) is 15.1 Å². The predicted octanol–water partition coefficient (Wildman–Crippen LogP) is 0.892. The van der Waals surface area contributed by atoms with Gasteiger partial charge in [0.2, 0.25) is 5.91 Å². The van der Waals surface area contributed by atoms with Gasteiger partial charge >= 0.3 is 0 Å². The van der Waals surface area contributed by atoms with Crippen LogP contribution >= 0.6 is 0 Å². The Bertz CT molecular complexity index is 317. The highest BCUT2D eigenvalue weighted by Gasteiger charge is 2.26. The number of nitrogens with zero attached hydrogens (tertiary/aromatic N) is 2. The minimum Gasteiger partial charge on any atom is -0.351 e. The fourth-order valence-electron chi connectivity index (χ4n) is 2.87. The van der Waals surface area contributed by atoms with Gasteiger partial charge in [-0.3, -0.25) is 9.69 Å². The Kier molecular flexibility index (Phi) is 7.10. The van der Waals surface area contributed by atoms with Crippen LogP contribution in [0, 0.1) is 5.92 Å². The first-order valence-corrected chi connectivity index (χ1v) is 8.18. The number of carbonyl (C=O) groups excluding carboxylic acids is 1. The van der Waals surface area contributed by atoms with E-state index >= 15 is 0 Å². The maximum atomic E-state index is 12.1. The van der Waals surface area contributed by atoms with E-state index in [4.69, 9.17) is 5.73 Å². The number of piperazine rings is 1. The Balaban J connectivity index is 2.42. The van der Waals surface area contributed by atoms with Crippen LogP contribution in [-0.4, -0.2) is 66.6 Å². The molecule has 1 atom stereocenters. The molecule has 1 rings (SSSR count). The molecule has 0 bridgehead atoms. The lowest BCUT2D eigenvalue weighted by Gasteiger charge is -2.39. The zero-order valence-corrected chi connectivity index (χ0v) is 14.5. The van der Waals surface area contributed by atoms with Crippen LogP contribution in [0.5, 0.6) is 0 Å². The summed E-state index contributed by atoms with van der Waals surface area (Å²) < 4.78 is 0. The molecular formula is C16H34N4O. The van der Waals surface area contributed by atoms with Gasteiger partial charge < -0.3 is 16.0 Å². The first kappa shape index (κ1) is 18.4. The molecule has 0 aromatic rings. The Labute approximate surface area is 130 Å². The molecule has 0 aromatic carbocycles. The number of nitrogens with one attached hydrogen (secondary N) is 1. The number of amides is 1. The molecule has 3 N–H and O–H groups in total. The smallest absolute Gasteiger partial charge is 0.222 e. The van der Waals surface area contributed by atoms with Crippen LogP contribution in [0.25, 0.3) is 0 Å². The van der Waals surface area contributed by atoms with Crippen molar-refractivity contribution in [3.63, 3.8) is 0 Å². The van der Waals surface area contributed by atoms with Crippen molar-refractivity contribution in [3.8, 4) is 0 Å². The van der Waals surface area contributed by atoms with E-state index in [1.807, 2.05) is 20.8 Å². The van der Waals surface area contributed by atoms with Crippen molar-refractivity contribution in [2.24, 2.45) is 11.7 Å². The third kappa shape index (κ3) is 7.25. The zero-order valence-electron chi connectivity index (χ0n) is 14.5. The molecule has 0 radical (unpaired) electrons. The minimum absolute atomic E-state index is 0.0996. The molecule has 1 aliphatic heterocycles. The molecule has 0 spiro atoms. The fourth-order valence-corrected chi connectivity index (χ4v) is 2.87. The van der Waals surface area contributed by atoms with Gasteiger partial charge in [-0.05, 0) is 26.7 Å². The molecule has 21 heavy (non-hydrogen) atoms. The van der Waals surface area contributed by atoms with Gasteiger partial charge in [0.05, 0.1) is 0 Å². The normalized spacial score (nSPS) is 19.8. The molecule has 0 saturated carbocycles. The van der Waals surface area contributed by atoms with E-state index < -0.39 is 0 Å². The summed E-state index contributed by atoms with van der Waals surface area (Å²) >= 11 is 0. The van der Waals surface area contributed by atoms with Crippen LogP contribution in [-0.2, 0) is 4.79 Å². The van der Waals surface area contributed by atoms with E-state index in [-0.39, 0.29) is 17.5 Å². The lowest BCUT2D eigenvalue weighted by molar-refractivity contribution is -0.123. The Morgan fingerprint density at radius 3 is 2.19 bits per heavy atom. The molecular weight excluding hydrogens is 264 g/mol. The van der Waals surface area contributed by atoms with Crippen LogP contribution in [0.1, 0.15) is 41.0 Å². The highest BCUT2D eigenvalue weighted by Crippen LogP contribution is 2.11. The summed E-state index contributed by atoms with van der Waals surface area (Å²) in [5.74, 6) is 0.807. The summed E-state index contributed by atoms with van der Waals surface area (Å²) in [6.45, 7) is 16.4. The third-order valence-electron chi connectivity index (χ3n) is 3.75. The van der Waals surface area contributed by atoms with Crippen molar-refractivity contribution in [1.29, 1.82) is 0 Å². The molecule has 1 amide bonds. The molecule has 124 valence electrons. The van der Waals surface area contributed by atoms with Crippen LogP contribution in [0.2, 0.25) is 0 Å². The van der Waals surface area contributed by atoms with Crippen LogP contribution < -0.4 is 11.1 Å². The third-order valence-corrected chi connectivity index (χ3v) is 3.75. The lowest BCUT2D eigenvalue weighted by Crippen LogP contribution is -2.54. The predicted molar refractivity (Wildman–Crippen MR) is 88.2 cm³/mol. The van der Waals surface area contributed by atoms with Crippen molar-refractivity contribution in [2.75, 3.05) is 39.3 Å². The second-order valence-corrected chi connectivity index (χ2v) is 7.62. The second kappa shape index (κ2) is 8.11. The van der Waals surface area contributed by atoms with Crippen molar-refractivity contribution >= 4 is 5.91 Å². The van der Waals surface area contributed by atoms with Gasteiger partial charge in [0, 0.05) is 57.3 Å². The van der Waals surface area contributed by atoms with Crippen LogP contribution in [0.4, 0.5) is 0 Å². The van der Waals surface area contributed by atoms with E-state index in [1.165, 1.54) is 0 Å². The van der Waals surface area contributed by atoms with Crippen LogP contribution in [0.15, 0.2) is 0 Å². The summed E-state index contributed by atoms with van der Waals surface area (Å²) in [6, 6.07) is 0.161. The zero-order chi connectivity index (χ0) is 16.0. The van der Waals surface area contributed by atoms with Gasteiger partial charge in [0.15, 0.2) is 0 Å². The topological polar surface area (TPSA) is 61.6 Å². The Morgan fingerprint density at radius 1 is 1.19 bits per heavy atom. The first-order chi connectivity index (χ1) is 9.71. The second-order valence-electron chi connectivity index (χ2n) is 7.62. The molecule has 1 saturated heterocycles. The minimum atomic E-state index is -0.174. The van der Waals surface area contributed by atoms with Gasteiger partial charge in [-0.25, -0.2) is 0 Å².